The number of carbonyl (C=O) groups excluding carboxylic acids is 3. The van der Waals surface area contributed by atoms with Gasteiger partial charge in [-0.1, -0.05) is 39.0 Å². The standard InChI is InChI=1S/C26H34FN3O4S/c1-14-9-10-35-22(14)17-7-8-18(15(2)11-17)12-28-24(33)21-20(27)19(32)13-30(21)25(34)23(26(4,5)6)29-16(3)31/h7-11,19-21,23,32H,12-13H2,1-6H3,(H,28,33)(H,29,31)/t19-,20-,21-,23+/m0/s1. The lowest BCUT2D eigenvalue weighted by molar-refractivity contribution is -0.144. The average molecular weight is 504 g/mol. The number of aliphatic hydroxyl groups excluding tert-OH is 1. The molecule has 7 nitrogen and oxygen atoms in total. The van der Waals surface area contributed by atoms with Gasteiger partial charge in [-0.2, -0.15) is 0 Å². The molecule has 0 aliphatic carbocycles. The zero-order valence-electron chi connectivity index (χ0n) is 21.0. The summed E-state index contributed by atoms with van der Waals surface area (Å²) in [7, 11) is 0. The van der Waals surface area contributed by atoms with Crippen LogP contribution in [0.5, 0.6) is 0 Å². The Morgan fingerprint density at radius 3 is 2.43 bits per heavy atom. The maximum atomic E-state index is 14.9. The van der Waals surface area contributed by atoms with E-state index in [1.165, 1.54) is 17.4 Å². The van der Waals surface area contributed by atoms with Crippen molar-refractivity contribution in [3.05, 3.63) is 46.3 Å². The molecule has 1 fully saturated rings. The lowest BCUT2D eigenvalue weighted by Gasteiger charge is -2.35. The average Bonchev–Trinajstić information content (AvgIpc) is 3.32. The molecule has 3 N–H and O–H groups in total. The number of hydrogen-bond acceptors (Lipinski definition) is 5. The Kier molecular flexibility index (Phi) is 8.01. The molecule has 4 atom stereocenters. The second kappa shape index (κ2) is 10.5. The Balaban J connectivity index is 1.76. The van der Waals surface area contributed by atoms with Gasteiger partial charge in [0.1, 0.15) is 18.2 Å². The van der Waals surface area contributed by atoms with Gasteiger partial charge in [0, 0.05) is 18.3 Å². The van der Waals surface area contributed by atoms with Crippen LogP contribution in [-0.2, 0) is 20.9 Å². The van der Waals surface area contributed by atoms with Crippen molar-refractivity contribution in [1.82, 2.24) is 15.5 Å². The number of carbonyl (C=O) groups is 3. The van der Waals surface area contributed by atoms with Gasteiger partial charge < -0.3 is 20.6 Å². The van der Waals surface area contributed by atoms with Gasteiger partial charge in [0.15, 0.2) is 6.17 Å². The SMILES string of the molecule is CC(=O)N[C@H](C(=O)N1C[C@H](O)[C@H](F)[C@H]1C(=O)NCc1ccc(-c2sccc2C)cc1C)C(C)(C)C. The summed E-state index contributed by atoms with van der Waals surface area (Å²) in [5.41, 5.74) is 3.46. The highest BCUT2D eigenvalue weighted by Gasteiger charge is 2.50. The molecule has 3 rings (SSSR count). The largest absolute Gasteiger partial charge is 0.388 e. The maximum absolute atomic E-state index is 14.9. The number of β-amino-alcohol motifs (C(OH)–C–C–N with tert-alkyl or cyclic N) is 1. The summed E-state index contributed by atoms with van der Waals surface area (Å²) in [5.74, 6) is -1.69. The van der Waals surface area contributed by atoms with Gasteiger partial charge in [-0.3, -0.25) is 14.4 Å². The number of nitrogens with zero attached hydrogens (tertiary/aromatic N) is 1. The Bertz CT molecular complexity index is 1110. The normalized spacial score (nSPS) is 21.0. The molecule has 3 amide bonds. The summed E-state index contributed by atoms with van der Waals surface area (Å²) in [5, 5.41) is 17.5. The van der Waals surface area contributed by atoms with Crippen LogP contribution < -0.4 is 10.6 Å². The molecule has 1 saturated heterocycles. The van der Waals surface area contributed by atoms with E-state index in [2.05, 4.69) is 29.7 Å². The molecule has 1 aliphatic rings. The molecule has 1 aromatic carbocycles. The predicted octanol–water partition coefficient (Wildman–Crippen LogP) is 3.11. The first kappa shape index (κ1) is 26.8. The molecule has 0 saturated carbocycles. The number of aliphatic hydroxyl groups is 1. The number of rotatable bonds is 6. The van der Waals surface area contributed by atoms with E-state index in [-0.39, 0.29) is 13.1 Å². The molecule has 0 unspecified atom stereocenters. The Morgan fingerprint density at radius 2 is 1.89 bits per heavy atom. The fourth-order valence-electron chi connectivity index (χ4n) is 4.32. The van der Waals surface area contributed by atoms with Crippen LogP contribution in [0.1, 0.15) is 44.4 Å². The monoisotopic (exact) mass is 503 g/mol. The summed E-state index contributed by atoms with van der Waals surface area (Å²) >= 11 is 1.66. The first-order chi connectivity index (χ1) is 16.3. The molecule has 190 valence electrons. The van der Waals surface area contributed by atoms with Gasteiger partial charge in [0.2, 0.25) is 17.7 Å². The lowest BCUT2D eigenvalue weighted by atomic mass is 9.85. The molecule has 9 heteroatoms. The summed E-state index contributed by atoms with van der Waals surface area (Å²) < 4.78 is 14.9. The third kappa shape index (κ3) is 5.90. The molecular weight excluding hydrogens is 469 g/mol. The van der Waals surface area contributed by atoms with Crippen LogP contribution in [0.15, 0.2) is 29.6 Å². The highest BCUT2D eigenvalue weighted by atomic mass is 32.1. The van der Waals surface area contributed by atoms with Crippen LogP contribution in [0, 0.1) is 19.3 Å². The summed E-state index contributed by atoms with van der Waals surface area (Å²) in [6.07, 6.45) is -3.41. The van der Waals surface area contributed by atoms with Crippen molar-refractivity contribution < 1.29 is 23.9 Å². The van der Waals surface area contributed by atoms with E-state index < -0.39 is 47.5 Å². The predicted molar refractivity (Wildman–Crippen MR) is 135 cm³/mol. The zero-order valence-corrected chi connectivity index (χ0v) is 21.8. The number of benzene rings is 1. The summed E-state index contributed by atoms with van der Waals surface area (Å²) in [6, 6.07) is 5.58. The van der Waals surface area contributed by atoms with E-state index in [0.29, 0.717) is 0 Å². The molecular formula is C26H34FN3O4S. The van der Waals surface area contributed by atoms with Crippen LogP contribution in [0.3, 0.4) is 0 Å². The van der Waals surface area contributed by atoms with Crippen molar-refractivity contribution in [1.29, 1.82) is 0 Å². The third-order valence-electron chi connectivity index (χ3n) is 6.32. The molecule has 2 heterocycles. The van der Waals surface area contributed by atoms with Crippen molar-refractivity contribution in [3.8, 4) is 10.4 Å². The summed E-state index contributed by atoms with van der Waals surface area (Å²) in [6.45, 7) is 10.4. The fourth-order valence-corrected chi connectivity index (χ4v) is 5.25. The Labute approximate surface area is 209 Å². The smallest absolute Gasteiger partial charge is 0.246 e. The molecule has 2 aromatic rings. The van der Waals surface area contributed by atoms with Crippen LogP contribution >= 0.6 is 11.3 Å². The zero-order chi connectivity index (χ0) is 26.1. The number of thiophene rings is 1. The van der Waals surface area contributed by atoms with Crippen LogP contribution in [0.2, 0.25) is 0 Å². The molecule has 1 aliphatic heterocycles. The first-order valence-electron chi connectivity index (χ1n) is 11.6. The minimum absolute atomic E-state index is 0.157. The van der Waals surface area contributed by atoms with Crippen molar-refractivity contribution in [2.45, 2.75) is 72.4 Å². The van der Waals surface area contributed by atoms with Crippen LogP contribution in [0.4, 0.5) is 4.39 Å². The van der Waals surface area contributed by atoms with Crippen molar-refractivity contribution in [2.24, 2.45) is 5.41 Å². The highest BCUT2D eigenvalue weighted by molar-refractivity contribution is 7.13. The minimum atomic E-state index is -1.93. The van der Waals surface area contributed by atoms with Gasteiger partial charge in [0.05, 0.1) is 6.54 Å². The highest BCUT2D eigenvalue weighted by Crippen LogP contribution is 2.31. The number of likely N-dealkylation sites (tertiary alicyclic amines) is 1. The maximum Gasteiger partial charge on any atom is 0.246 e. The molecule has 35 heavy (non-hydrogen) atoms. The van der Waals surface area contributed by atoms with E-state index in [1.807, 2.05) is 24.4 Å². The van der Waals surface area contributed by atoms with E-state index in [0.717, 1.165) is 21.6 Å². The van der Waals surface area contributed by atoms with Gasteiger partial charge in [-0.15, -0.1) is 11.3 Å². The molecule has 0 radical (unpaired) electrons. The second-order valence-electron chi connectivity index (χ2n) is 10.2. The number of aryl methyl sites for hydroxylation is 2. The van der Waals surface area contributed by atoms with E-state index in [9.17, 15) is 23.9 Å². The quantitative estimate of drug-likeness (QED) is 0.564. The Morgan fingerprint density at radius 1 is 1.20 bits per heavy atom. The topological polar surface area (TPSA) is 98.7 Å². The van der Waals surface area contributed by atoms with E-state index >= 15 is 0 Å². The van der Waals surface area contributed by atoms with E-state index in [1.54, 1.807) is 32.1 Å². The molecule has 0 spiro atoms. The number of amides is 3. The third-order valence-corrected chi connectivity index (χ3v) is 7.39. The van der Waals surface area contributed by atoms with Gasteiger partial charge in [-0.05, 0) is 53.0 Å². The Hall–Kier alpha value is -2.78. The van der Waals surface area contributed by atoms with Crippen LogP contribution in [-0.4, -0.2) is 58.6 Å². The second-order valence-corrected chi connectivity index (χ2v) is 11.2. The lowest BCUT2D eigenvalue weighted by Crippen LogP contribution is -2.58. The van der Waals surface area contributed by atoms with Gasteiger partial charge >= 0.3 is 0 Å². The van der Waals surface area contributed by atoms with Crippen molar-refractivity contribution in [2.75, 3.05) is 6.54 Å². The number of halogens is 1. The van der Waals surface area contributed by atoms with E-state index in [4.69, 9.17) is 0 Å². The van der Waals surface area contributed by atoms with Crippen molar-refractivity contribution in [3.63, 3.8) is 0 Å². The summed E-state index contributed by atoms with van der Waals surface area (Å²) in [4.78, 5) is 40.3. The first-order valence-corrected chi connectivity index (χ1v) is 12.5. The number of hydrogen-bond donors (Lipinski definition) is 3. The van der Waals surface area contributed by atoms with Gasteiger partial charge in [0.25, 0.3) is 0 Å². The fraction of sp³-hybridized carbons (Fsp3) is 0.500. The molecule has 0 bridgehead atoms. The van der Waals surface area contributed by atoms with Crippen LogP contribution in [0.25, 0.3) is 10.4 Å². The van der Waals surface area contributed by atoms with Crippen molar-refractivity contribution >= 4 is 29.1 Å². The van der Waals surface area contributed by atoms with Gasteiger partial charge in [-0.25, -0.2) is 4.39 Å². The minimum Gasteiger partial charge on any atom is -0.388 e. The molecule has 1 aromatic heterocycles. The number of alkyl halides is 1. The number of nitrogens with one attached hydrogen (secondary N) is 2.